The summed E-state index contributed by atoms with van der Waals surface area (Å²) < 4.78 is 2.12. The molecular weight excluding hydrogens is 454 g/mol. The molecule has 1 aromatic carbocycles. The summed E-state index contributed by atoms with van der Waals surface area (Å²) in [6, 6.07) is 10.4. The third-order valence-corrected chi connectivity index (χ3v) is 7.26. The number of aryl methyl sites for hydroxylation is 1. The Morgan fingerprint density at radius 1 is 1.11 bits per heavy atom. The maximum absolute atomic E-state index is 12.0. The van der Waals surface area contributed by atoms with Gasteiger partial charge in [0.2, 0.25) is 17.8 Å². The van der Waals surface area contributed by atoms with Crippen LogP contribution in [0.2, 0.25) is 0 Å². The fourth-order valence-electron chi connectivity index (χ4n) is 4.84. The summed E-state index contributed by atoms with van der Waals surface area (Å²) in [5, 5.41) is 7.42. The number of hydrogen-bond donors (Lipinski definition) is 2. The number of piperazine rings is 1. The zero-order valence-electron chi connectivity index (χ0n) is 20.9. The van der Waals surface area contributed by atoms with Gasteiger partial charge < -0.3 is 20.1 Å². The lowest BCUT2D eigenvalue weighted by molar-refractivity contribution is -0.130. The Balaban J connectivity index is 1.17. The lowest BCUT2D eigenvalue weighted by Gasteiger charge is -2.34. The van der Waals surface area contributed by atoms with Gasteiger partial charge in [0.1, 0.15) is 5.65 Å². The maximum Gasteiger partial charge on any atom is 0.229 e. The Morgan fingerprint density at radius 3 is 2.69 bits per heavy atom. The normalized spacial score (nSPS) is 16.6. The van der Waals surface area contributed by atoms with E-state index in [9.17, 15) is 9.59 Å². The first-order valence-electron chi connectivity index (χ1n) is 13.0. The Labute approximate surface area is 211 Å². The quantitative estimate of drug-likeness (QED) is 0.449. The predicted octanol–water partition coefficient (Wildman–Crippen LogP) is 3.15. The summed E-state index contributed by atoms with van der Waals surface area (Å²) in [5.74, 6) is 1.15. The van der Waals surface area contributed by atoms with E-state index in [0.29, 0.717) is 12.5 Å². The lowest BCUT2D eigenvalue weighted by atomic mass is 9.85. The molecule has 1 aliphatic heterocycles. The van der Waals surface area contributed by atoms with E-state index in [2.05, 4.69) is 37.2 Å². The summed E-state index contributed by atoms with van der Waals surface area (Å²) in [6.07, 6.45) is 7.97. The molecule has 2 aliphatic rings. The van der Waals surface area contributed by atoms with Crippen molar-refractivity contribution in [2.45, 2.75) is 45.7 Å². The number of carbonyl (C=O) groups excluding carboxylic acids is 2. The zero-order valence-corrected chi connectivity index (χ0v) is 20.9. The highest BCUT2D eigenvalue weighted by Crippen LogP contribution is 2.26. The molecule has 1 aliphatic carbocycles. The van der Waals surface area contributed by atoms with E-state index in [4.69, 9.17) is 4.98 Å². The molecule has 2 aromatic heterocycles. The van der Waals surface area contributed by atoms with Crippen LogP contribution in [0.5, 0.6) is 0 Å². The van der Waals surface area contributed by atoms with Crippen LogP contribution in [0.15, 0.2) is 42.7 Å². The first-order valence-corrected chi connectivity index (χ1v) is 13.0. The van der Waals surface area contributed by atoms with Crippen molar-refractivity contribution in [3.63, 3.8) is 0 Å². The monoisotopic (exact) mass is 489 g/mol. The Hall–Kier alpha value is -3.46. The van der Waals surface area contributed by atoms with Crippen molar-refractivity contribution in [2.75, 3.05) is 38.0 Å². The molecule has 0 bridgehead atoms. The minimum absolute atomic E-state index is 0.152. The van der Waals surface area contributed by atoms with E-state index in [-0.39, 0.29) is 17.7 Å². The third-order valence-electron chi connectivity index (χ3n) is 7.26. The lowest BCUT2D eigenvalue weighted by Crippen LogP contribution is -2.47. The number of nitrogens with zero attached hydrogens (tertiary/aromatic N) is 5. The standard InChI is InChI=1S/C27H35N7O2/c1-20(35)33-15-13-32(14-16-33)19-21-5-2-8-24(17-21)30-27-29-18-23-9-12-34(25(23)31-27)11-4-10-28-26(36)22-6-3-7-22/h2,5,8-9,12,17-18,22H,3-4,6-7,10-11,13-16,19H2,1H3,(H,28,36)(H,29,30,31). The van der Waals surface area contributed by atoms with E-state index in [1.54, 1.807) is 6.92 Å². The van der Waals surface area contributed by atoms with Gasteiger partial charge >= 0.3 is 0 Å². The highest BCUT2D eigenvalue weighted by molar-refractivity contribution is 5.79. The summed E-state index contributed by atoms with van der Waals surface area (Å²) in [4.78, 5) is 37.1. The summed E-state index contributed by atoms with van der Waals surface area (Å²) >= 11 is 0. The van der Waals surface area contributed by atoms with Crippen LogP contribution in [0.1, 0.15) is 38.2 Å². The van der Waals surface area contributed by atoms with Crippen molar-refractivity contribution in [1.82, 2.24) is 29.7 Å². The molecule has 2 N–H and O–H groups in total. The van der Waals surface area contributed by atoms with E-state index >= 15 is 0 Å². The molecule has 0 radical (unpaired) electrons. The van der Waals surface area contributed by atoms with Crippen molar-refractivity contribution in [3.05, 3.63) is 48.3 Å². The zero-order chi connectivity index (χ0) is 24.9. The fraction of sp³-hybridized carbons (Fsp3) is 0.481. The number of anilines is 2. The van der Waals surface area contributed by atoms with Gasteiger partial charge in [0.15, 0.2) is 0 Å². The van der Waals surface area contributed by atoms with Gasteiger partial charge in [-0.05, 0) is 43.0 Å². The molecule has 5 rings (SSSR count). The number of fused-ring (bicyclic) bond motifs is 1. The predicted molar refractivity (Wildman–Crippen MR) is 140 cm³/mol. The molecule has 0 atom stereocenters. The Bertz CT molecular complexity index is 1210. The number of rotatable bonds is 9. The molecule has 36 heavy (non-hydrogen) atoms. The molecule has 190 valence electrons. The molecule has 1 saturated carbocycles. The van der Waals surface area contributed by atoms with Crippen molar-refractivity contribution < 1.29 is 9.59 Å². The fourth-order valence-corrected chi connectivity index (χ4v) is 4.84. The SMILES string of the molecule is CC(=O)N1CCN(Cc2cccc(Nc3ncc4ccn(CCCNC(=O)C5CCC5)c4n3)c2)CC1. The van der Waals surface area contributed by atoms with E-state index in [1.165, 1.54) is 12.0 Å². The van der Waals surface area contributed by atoms with Crippen molar-refractivity contribution in [2.24, 2.45) is 5.92 Å². The number of benzene rings is 1. The van der Waals surface area contributed by atoms with Crippen LogP contribution in [0.3, 0.4) is 0 Å². The molecule has 3 aromatic rings. The van der Waals surface area contributed by atoms with Crippen LogP contribution in [-0.2, 0) is 22.7 Å². The molecule has 1 saturated heterocycles. The van der Waals surface area contributed by atoms with Gasteiger partial charge in [-0.3, -0.25) is 14.5 Å². The van der Waals surface area contributed by atoms with Gasteiger partial charge in [-0.25, -0.2) is 4.98 Å². The molecular formula is C27H35N7O2. The summed E-state index contributed by atoms with van der Waals surface area (Å²) in [5.41, 5.74) is 3.05. The molecule has 9 nitrogen and oxygen atoms in total. The van der Waals surface area contributed by atoms with Gasteiger partial charge in [-0.1, -0.05) is 18.6 Å². The number of aromatic nitrogens is 3. The second-order valence-corrected chi connectivity index (χ2v) is 9.86. The number of amides is 2. The van der Waals surface area contributed by atoms with Crippen molar-refractivity contribution in [3.8, 4) is 0 Å². The van der Waals surface area contributed by atoms with Crippen LogP contribution in [0.4, 0.5) is 11.6 Å². The van der Waals surface area contributed by atoms with Gasteiger partial charge in [-0.2, -0.15) is 4.98 Å². The van der Waals surface area contributed by atoms with Crippen molar-refractivity contribution >= 4 is 34.5 Å². The minimum Gasteiger partial charge on any atom is -0.356 e. The maximum atomic E-state index is 12.0. The Morgan fingerprint density at radius 2 is 1.94 bits per heavy atom. The highest BCUT2D eigenvalue weighted by atomic mass is 16.2. The van der Waals surface area contributed by atoms with Crippen LogP contribution in [0.25, 0.3) is 11.0 Å². The highest BCUT2D eigenvalue weighted by Gasteiger charge is 2.24. The van der Waals surface area contributed by atoms with Gasteiger partial charge in [-0.15, -0.1) is 0 Å². The third kappa shape index (κ3) is 5.84. The van der Waals surface area contributed by atoms with E-state index in [1.807, 2.05) is 35.5 Å². The molecule has 2 amide bonds. The van der Waals surface area contributed by atoms with Gasteiger partial charge in [0.05, 0.1) is 0 Å². The van der Waals surface area contributed by atoms with E-state index < -0.39 is 0 Å². The number of nitrogens with one attached hydrogen (secondary N) is 2. The van der Waals surface area contributed by atoms with E-state index in [0.717, 1.165) is 75.3 Å². The first kappa shape index (κ1) is 24.2. The average Bonchev–Trinajstić information content (AvgIpc) is 3.23. The van der Waals surface area contributed by atoms with Gasteiger partial charge in [0, 0.05) is 82.1 Å². The second-order valence-electron chi connectivity index (χ2n) is 9.86. The molecule has 0 unspecified atom stereocenters. The van der Waals surface area contributed by atoms with Gasteiger partial charge in [0.25, 0.3) is 0 Å². The van der Waals surface area contributed by atoms with Crippen molar-refractivity contribution in [1.29, 1.82) is 0 Å². The Kier molecular flexibility index (Phi) is 7.46. The minimum atomic E-state index is 0.152. The number of carbonyl (C=O) groups is 2. The molecule has 9 heteroatoms. The second kappa shape index (κ2) is 11.1. The topological polar surface area (TPSA) is 95.4 Å². The smallest absolute Gasteiger partial charge is 0.229 e. The molecule has 2 fully saturated rings. The summed E-state index contributed by atoms with van der Waals surface area (Å²) in [6.45, 7) is 7.30. The largest absolute Gasteiger partial charge is 0.356 e. The molecule has 0 spiro atoms. The van der Waals surface area contributed by atoms with Crippen LogP contribution >= 0.6 is 0 Å². The number of hydrogen-bond acceptors (Lipinski definition) is 6. The summed E-state index contributed by atoms with van der Waals surface area (Å²) in [7, 11) is 0. The average molecular weight is 490 g/mol. The van der Waals surface area contributed by atoms with Crippen LogP contribution in [-0.4, -0.2) is 68.9 Å². The van der Waals surface area contributed by atoms with Crippen LogP contribution in [0, 0.1) is 5.92 Å². The molecule has 3 heterocycles. The van der Waals surface area contributed by atoms with Crippen LogP contribution < -0.4 is 10.6 Å². The first-order chi connectivity index (χ1) is 17.5.